The Kier molecular flexibility index (Phi) is 4.53. The van der Waals surface area contributed by atoms with E-state index < -0.39 is 0 Å². The number of likely N-dealkylation sites (N-methyl/N-ethyl adjacent to an activating group) is 1. The summed E-state index contributed by atoms with van der Waals surface area (Å²) in [5, 5.41) is 9.77. The van der Waals surface area contributed by atoms with Crippen molar-refractivity contribution < 1.29 is 14.7 Å². The molecule has 0 fully saturated rings. The molecule has 2 aromatic rings. The number of benzene rings is 1. The average Bonchev–Trinajstić information content (AvgIpc) is 2.88. The van der Waals surface area contributed by atoms with Crippen LogP contribution in [0.3, 0.4) is 0 Å². The number of carbonyl (C=O) groups excluding carboxylic acids is 2. The van der Waals surface area contributed by atoms with Gasteiger partial charge in [0, 0.05) is 38.0 Å². The smallest absolute Gasteiger partial charge is 0.231 e. The number of fused-ring (bicyclic) bond motifs is 1. The number of hydrogen-bond acceptors (Lipinski definition) is 3. The fourth-order valence-corrected chi connectivity index (χ4v) is 2.10. The fraction of sp³-hybridized carbons (Fsp3) is 0.333. The van der Waals surface area contributed by atoms with E-state index in [0.29, 0.717) is 6.54 Å². The van der Waals surface area contributed by atoms with Crippen LogP contribution in [0.4, 0.5) is 0 Å². The summed E-state index contributed by atoms with van der Waals surface area (Å²) in [5.74, 6) is -0.235. The van der Waals surface area contributed by atoms with Gasteiger partial charge in [0.15, 0.2) is 0 Å². The number of nitrogens with zero attached hydrogens (tertiary/aromatic N) is 2. The first-order chi connectivity index (χ1) is 9.63. The van der Waals surface area contributed by atoms with E-state index in [1.807, 2.05) is 30.3 Å². The molecule has 1 aromatic heterocycles. The Bertz CT molecular complexity index is 618. The van der Waals surface area contributed by atoms with E-state index in [0.717, 1.165) is 10.9 Å². The van der Waals surface area contributed by atoms with Gasteiger partial charge in [0.25, 0.3) is 0 Å². The lowest BCUT2D eigenvalue weighted by atomic mass is 10.2. The number of amides is 1. The summed E-state index contributed by atoms with van der Waals surface area (Å²) in [5.41, 5.74) is 0.855. The molecule has 1 aromatic carbocycles. The van der Waals surface area contributed by atoms with E-state index in [1.165, 1.54) is 4.90 Å². The number of aromatic nitrogens is 1. The first-order valence-electron chi connectivity index (χ1n) is 6.57. The van der Waals surface area contributed by atoms with Crippen LogP contribution in [-0.4, -0.2) is 46.6 Å². The summed E-state index contributed by atoms with van der Waals surface area (Å²) in [6, 6.07) is 9.51. The number of hydrogen-bond donors (Lipinski definition) is 1. The van der Waals surface area contributed by atoms with Crippen LogP contribution in [0.2, 0.25) is 0 Å². The third kappa shape index (κ3) is 3.05. The van der Waals surface area contributed by atoms with E-state index in [1.54, 1.807) is 17.8 Å². The van der Waals surface area contributed by atoms with Crippen LogP contribution >= 0.6 is 0 Å². The third-order valence-electron chi connectivity index (χ3n) is 3.28. The molecule has 2 rings (SSSR count). The number of rotatable bonds is 5. The minimum Gasteiger partial charge on any atom is -0.395 e. The topological polar surface area (TPSA) is 62.5 Å². The Balaban J connectivity index is 2.00. The SMILES string of the molecule is CN(CCO)C(=O)CCC(=O)n1ccc2ccccc21. The molecular formula is C15H18N2O3. The van der Waals surface area contributed by atoms with Crippen LogP contribution in [0.5, 0.6) is 0 Å². The van der Waals surface area contributed by atoms with E-state index in [-0.39, 0.29) is 31.3 Å². The van der Waals surface area contributed by atoms with Gasteiger partial charge in [0.05, 0.1) is 12.1 Å². The van der Waals surface area contributed by atoms with Crippen molar-refractivity contribution in [1.82, 2.24) is 9.47 Å². The predicted octanol–water partition coefficient (Wildman–Crippen LogP) is 1.51. The Morgan fingerprint density at radius 2 is 1.95 bits per heavy atom. The van der Waals surface area contributed by atoms with Crippen molar-refractivity contribution in [2.45, 2.75) is 12.8 Å². The molecule has 0 aliphatic heterocycles. The Morgan fingerprint density at radius 1 is 1.20 bits per heavy atom. The van der Waals surface area contributed by atoms with Gasteiger partial charge in [-0.2, -0.15) is 0 Å². The van der Waals surface area contributed by atoms with Crippen molar-refractivity contribution in [3.63, 3.8) is 0 Å². The molecule has 0 atom stereocenters. The van der Waals surface area contributed by atoms with Gasteiger partial charge in [-0.1, -0.05) is 18.2 Å². The first-order valence-corrected chi connectivity index (χ1v) is 6.57. The summed E-state index contributed by atoms with van der Waals surface area (Å²) < 4.78 is 1.58. The maximum atomic E-state index is 12.1. The van der Waals surface area contributed by atoms with E-state index in [9.17, 15) is 9.59 Å². The Morgan fingerprint density at radius 3 is 2.70 bits per heavy atom. The summed E-state index contributed by atoms with van der Waals surface area (Å²) in [4.78, 5) is 25.3. The van der Waals surface area contributed by atoms with Crippen LogP contribution in [0.1, 0.15) is 17.6 Å². The molecule has 0 aliphatic carbocycles. The molecule has 1 heterocycles. The highest BCUT2D eigenvalue weighted by Gasteiger charge is 2.13. The lowest BCUT2D eigenvalue weighted by Gasteiger charge is -2.15. The van der Waals surface area contributed by atoms with Gasteiger partial charge in [-0.3, -0.25) is 14.2 Å². The molecule has 0 saturated heterocycles. The fourth-order valence-electron chi connectivity index (χ4n) is 2.10. The number of para-hydroxylation sites is 1. The van der Waals surface area contributed by atoms with Gasteiger partial charge in [-0.05, 0) is 12.1 Å². The van der Waals surface area contributed by atoms with Crippen molar-refractivity contribution in [1.29, 1.82) is 0 Å². The molecular weight excluding hydrogens is 256 g/mol. The summed E-state index contributed by atoms with van der Waals surface area (Å²) in [6.45, 7) is 0.220. The van der Waals surface area contributed by atoms with Gasteiger partial charge in [-0.25, -0.2) is 0 Å². The van der Waals surface area contributed by atoms with E-state index >= 15 is 0 Å². The monoisotopic (exact) mass is 274 g/mol. The molecule has 0 bridgehead atoms. The second kappa shape index (κ2) is 6.34. The van der Waals surface area contributed by atoms with Gasteiger partial charge < -0.3 is 10.0 Å². The van der Waals surface area contributed by atoms with Crippen LogP contribution in [0.25, 0.3) is 10.9 Å². The zero-order valence-corrected chi connectivity index (χ0v) is 11.5. The van der Waals surface area contributed by atoms with Crippen LogP contribution in [0, 0.1) is 0 Å². The van der Waals surface area contributed by atoms with Crippen molar-refractivity contribution in [2.75, 3.05) is 20.2 Å². The lowest BCUT2D eigenvalue weighted by molar-refractivity contribution is -0.130. The Labute approximate surface area is 117 Å². The average molecular weight is 274 g/mol. The number of aliphatic hydroxyl groups is 1. The summed E-state index contributed by atoms with van der Waals surface area (Å²) in [7, 11) is 1.62. The van der Waals surface area contributed by atoms with Crippen molar-refractivity contribution >= 4 is 22.7 Å². The first kappa shape index (κ1) is 14.3. The normalized spacial score (nSPS) is 10.7. The highest BCUT2D eigenvalue weighted by Crippen LogP contribution is 2.15. The molecule has 5 nitrogen and oxygen atoms in total. The highest BCUT2D eigenvalue weighted by atomic mass is 16.3. The second-order valence-corrected chi connectivity index (χ2v) is 4.68. The summed E-state index contributed by atoms with van der Waals surface area (Å²) in [6.07, 6.45) is 2.05. The molecule has 5 heteroatoms. The Hall–Kier alpha value is -2.14. The molecule has 20 heavy (non-hydrogen) atoms. The number of aliphatic hydroxyl groups excluding tert-OH is 1. The number of carbonyl (C=O) groups is 2. The predicted molar refractivity (Wildman–Crippen MR) is 76.5 cm³/mol. The molecule has 0 saturated carbocycles. The standard InChI is InChI=1S/C15H18N2O3/c1-16(10-11-18)14(19)6-7-15(20)17-9-8-12-4-2-3-5-13(12)17/h2-5,8-9,18H,6-7,10-11H2,1H3. The molecule has 0 radical (unpaired) electrons. The minimum absolute atomic E-state index is 0.0710. The zero-order chi connectivity index (χ0) is 14.5. The highest BCUT2D eigenvalue weighted by molar-refractivity contribution is 5.93. The largest absolute Gasteiger partial charge is 0.395 e. The van der Waals surface area contributed by atoms with Crippen molar-refractivity contribution in [2.24, 2.45) is 0 Å². The molecule has 0 aliphatic rings. The van der Waals surface area contributed by atoms with Crippen molar-refractivity contribution in [3.05, 3.63) is 36.5 Å². The zero-order valence-electron chi connectivity index (χ0n) is 11.5. The molecule has 1 amide bonds. The molecule has 0 spiro atoms. The quantitative estimate of drug-likeness (QED) is 0.899. The lowest BCUT2D eigenvalue weighted by Crippen LogP contribution is -2.30. The molecule has 0 unspecified atom stereocenters. The molecule has 106 valence electrons. The van der Waals surface area contributed by atoms with Crippen molar-refractivity contribution in [3.8, 4) is 0 Å². The van der Waals surface area contributed by atoms with Gasteiger partial charge in [-0.15, -0.1) is 0 Å². The van der Waals surface area contributed by atoms with E-state index in [4.69, 9.17) is 5.11 Å². The molecule has 1 N–H and O–H groups in total. The summed E-state index contributed by atoms with van der Waals surface area (Å²) >= 11 is 0. The maximum Gasteiger partial charge on any atom is 0.231 e. The van der Waals surface area contributed by atoms with Crippen LogP contribution in [-0.2, 0) is 4.79 Å². The minimum atomic E-state index is -0.135. The van der Waals surface area contributed by atoms with Gasteiger partial charge in [0.2, 0.25) is 11.8 Å². The van der Waals surface area contributed by atoms with Gasteiger partial charge in [0.1, 0.15) is 0 Å². The van der Waals surface area contributed by atoms with Crippen LogP contribution in [0.15, 0.2) is 36.5 Å². The maximum absolute atomic E-state index is 12.1. The van der Waals surface area contributed by atoms with Gasteiger partial charge >= 0.3 is 0 Å². The second-order valence-electron chi connectivity index (χ2n) is 4.68. The van der Waals surface area contributed by atoms with Crippen LogP contribution < -0.4 is 0 Å². The van der Waals surface area contributed by atoms with E-state index in [2.05, 4.69) is 0 Å². The third-order valence-corrected chi connectivity index (χ3v) is 3.28.